The highest BCUT2D eigenvalue weighted by atomic mass is 32.2. The van der Waals surface area contributed by atoms with Crippen LogP contribution in [0.3, 0.4) is 0 Å². The van der Waals surface area contributed by atoms with Gasteiger partial charge in [-0.25, -0.2) is 4.79 Å². The maximum absolute atomic E-state index is 12.3. The van der Waals surface area contributed by atoms with Crippen LogP contribution in [0.5, 0.6) is 5.75 Å². The molecule has 3 unspecified atom stereocenters. The maximum Gasteiger partial charge on any atom is 0.352 e. The molecule has 0 aliphatic carbocycles. The number of benzene rings is 1. The first-order valence-electron chi connectivity index (χ1n) is 7.58. The molecule has 2 amide bonds. The van der Waals surface area contributed by atoms with Gasteiger partial charge in [-0.1, -0.05) is 12.1 Å². The third-order valence-electron chi connectivity index (χ3n) is 4.10. The minimum Gasteiger partial charge on any atom is -0.508 e. The molecule has 1 aromatic rings. The molecule has 0 saturated carbocycles. The molecule has 2 heterocycles. The van der Waals surface area contributed by atoms with Gasteiger partial charge in [0, 0.05) is 5.25 Å². The summed E-state index contributed by atoms with van der Waals surface area (Å²) in [7, 11) is 0. The molecule has 132 valence electrons. The van der Waals surface area contributed by atoms with Crippen LogP contribution in [0.15, 0.2) is 36.0 Å². The Labute approximate surface area is 147 Å². The van der Waals surface area contributed by atoms with Crippen molar-refractivity contribution in [2.75, 3.05) is 0 Å². The molecule has 0 radical (unpaired) electrons. The smallest absolute Gasteiger partial charge is 0.352 e. The fourth-order valence-corrected chi connectivity index (χ4v) is 4.13. The highest BCUT2D eigenvalue weighted by Gasteiger charge is 2.54. The van der Waals surface area contributed by atoms with Gasteiger partial charge in [0.25, 0.3) is 5.91 Å². The molecule has 4 atom stereocenters. The third kappa shape index (κ3) is 3.08. The number of phenols is 1. The normalized spacial score (nSPS) is 26.2. The van der Waals surface area contributed by atoms with Crippen LogP contribution in [-0.2, 0) is 14.4 Å². The Morgan fingerprint density at radius 2 is 1.96 bits per heavy atom. The highest BCUT2D eigenvalue weighted by molar-refractivity contribution is 8.00. The lowest BCUT2D eigenvalue weighted by Gasteiger charge is -2.49. The van der Waals surface area contributed by atoms with E-state index >= 15 is 0 Å². The Morgan fingerprint density at radius 3 is 2.56 bits per heavy atom. The lowest BCUT2D eigenvalue weighted by molar-refractivity contribution is -0.150. The van der Waals surface area contributed by atoms with E-state index in [0.29, 0.717) is 5.56 Å². The molecule has 2 aliphatic rings. The van der Waals surface area contributed by atoms with Crippen molar-refractivity contribution in [1.82, 2.24) is 10.2 Å². The van der Waals surface area contributed by atoms with Gasteiger partial charge in [0.05, 0.1) is 0 Å². The first-order valence-corrected chi connectivity index (χ1v) is 8.52. The van der Waals surface area contributed by atoms with Crippen LogP contribution < -0.4 is 11.1 Å². The Morgan fingerprint density at radius 1 is 1.32 bits per heavy atom. The van der Waals surface area contributed by atoms with Crippen LogP contribution in [0.25, 0.3) is 0 Å². The number of aliphatic carboxylic acids is 1. The lowest BCUT2D eigenvalue weighted by Crippen LogP contribution is -2.71. The van der Waals surface area contributed by atoms with Crippen molar-refractivity contribution in [3.05, 3.63) is 41.6 Å². The number of carboxylic acids is 1. The number of β-lactam (4-membered cyclic amide) rings is 1. The molecule has 1 saturated heterocycles. The molecular formula is C16H17N3O5S. The molecule has 0 bridgehead atoms. The van der Waals surface area contributed by atoms with E-state index in [-0.39, 0.29) is 16.7 Å². The fraction of sp³-hybridized carbons (Fsp3) is 0.312. The number of aromatic hydroxyl groups is 1. The average molecular weight is 363 g/mol. The van der Waals surface area contributed by atoms with E-state index in [4.69, 9.17) is 5.73 Å². The van der Waals surface area contributed by atoms with Gasteiger partial charge >= 0.3 is 5.97 Å². The SMILES string of the molecule is CC1C=C(C(=O)O)N2C(=O)C(NC(=O)C(N)c3ccc(O)cc3)[C@H]2S1. The monoisotopic (exact) mass is 363 g/mol. The minimum absolute atomic E-state index is 0.0572. The number of carbonyl (C=O) groups is 3. The summed E-state index contributed by atoms with van der Waals surface area (Å²) in [6.45, 7) is 1.83. The van der Waals surface area contributed by atoms with Crippen molar-refractivity contribution in [3.8, 4) is 5.75 Å². The molecule has 1 aromatic carbocycles. The second-order valence-electron chi connectivity index (χ2n) is 5.85. The Hall–Kier alpha value is -2.52. The van der Waals surface area contributed by atoms with Gasteiger partial charge in [-0.3, -0.25) is 14.5 Å². The zero-order valence-electron chi connectivity index (χ0n) is 13.2. The van der Waals surface area contributed by atoms with E-state index in [2.05, 4.69) is 5.32 Å². The first kappa shape index (κ1) is 17.3. The summed E-state index contributed by atoms with van der Waals surface area (Å²) >= 11 is 1.40. The molecule has 25 heavy (non-hydrogen) atoms. The molecule has 2 aliphatic heterocycles. The van der Waals surface area contributed by atoms with Crippen LogP contribution in [0.1, 0.15) is 18.5 Å². The Balaban J connectivity index is 1.71. The number of nitrogens with two attached hydrogens (primary N) is 1. The summed E-state index contributed by atoms with van der Waals surface area (Å²) < 4.78 is 0. The number of thioether (sulfide) groups is 1. The molecular weight excluding hydrogens is 346 g/mol. The predicted octanol–water partition coefficient (Wildman–Crippen LogP) is 0.149. The summed E-state index contributed by atoms with van der Waals surface area (Å²) in [5.74, 6) is -2.12. The fourth-order valence-electron chi connectivity index (χ4n) is 2.80. The van der Waals surface area contributed by atoms with Crippen molar-refractivity contribution < 1.29 is 24.6 Å². The van der Waals surface area contributed by atoms with E-state index in [9.17, 15) is 24.6 Å². The van der Waals surface area contributed by atoms with Crippen molar-refractivity contribution >= 4 is 29.5 Å². The van der Waals surface area contributed by atoms with Crippen molar-refractivity contribution in [1.29, 1.82) is 0 Å². The standard InChI is InChI=1S/C16H17N3O5S/c1-7-6-10(16(23)24)19-14(22)12(15(19)25-7)18-13(21)11(17)8-2-4-9(20)5-3-8/h2-7,11-12,15,20H,17H2,1H3,(H,18,21)(H,23,24)/t7?,11?,12?,15-/m1/s1. The topological polar surface area (TPSA) is 133 Å². The van der Waals surface area contributed by atoms with Gasteiger partial charge in [0.1, 0.15) is 28.9 Å². The van der Waals surface area contributed by atoms with Crippen LogP contribution >= 0.6 is 11.8 Å². The largest absolute Gasteiger partial charge is 0.508 e. The third-order valence-corrected chi connectivity index (χ3v) is 5.43. The molecule has 5 N–H and O–H groups in total. The number of nitrogens with one attached hydrogen (secondary N) is 1. The second-order valence-corrected chi connectivity index (χ2v) is 7.35. The number of carboxylic acid groups (broad SMARTS) is 1. The number of hydrogen-bond donors (Lipinski definition) is 4. The average Bonchev–Trinajstić information content (AvgIpc) is 2.58. The number of nitrogens with zero attached hydrogens (tertiary/aromatic N) is 1. The summed E-state index contributed by atoms with van der Waals surface area (Å²) in [6.07, 6.45) is 1.52. The van der Waals surface area contributed by atoms with Crippen molar-refractivity contribution in [2.24, 2.45) is 5.73 Å². The summed E-state index contributed by atoms with van der Waals surface area (Å²) in [5.41, 5.74) is 6.34. The Bertz CT molecular complexity index is 764. The van der Waals surface area contributed by atoms with Crippen LogP contribution in [-0.4, -0.2) is 49.6 Å². The van der Waals surface area contributed by atoms with Crippen LogP contribution in [0.4, 0.5) is 0 Å². The lowest BCUT2D eigenvalue weighted by atomic mass is 10.0. The molecule has 0 spiro atoms. The molecule has 0 aromatic heterocycles. The maximum atomic E-state index is 12.3. The molecule has 3 rings (SSSR count). The van der Waals surface area contributed by atoms with Crippen LogP contribution in [0, 0.1) is 0 Å². The molecule has 8 nitrogen and oxygen atoms in total. The zero-order valence-corrected chi connectivity index (χ0v) is 14.1. The van der Waals surface area contributed by atoms with E-state index in [1.165, 1.54) is 47.0 Å². The number of phenolic OH excluding ortho intramolecular Hbond substituents is 1. The van der Waals surface area contributed by atoms with Crippen LogP contribution in [0.2, 0.25) is 0 Å². The van der Waals surface area contributed by atoms with Crippen molar-refractivity contribution in [3.63, 3.8) is 0 Å². The highest BCUT2D eigenvalue weighted by Crippen LogP contribution is 2.40. The first-order chi connectivity index (χ1) is 11.8. The van der Waals surface area contributed by atoms with E-state index < -0.39 is 35.2 Å². The summed E-state index contributed by atoms with van der Waals surface area (Å²) in [5, 5.41) is 20.5. The molecule has 1 fully saturated rings. The van der Waals surface area contributed by atoms with Crippen molar-refractivity contribution in [2.45, 2.75) is 29.6 Å². The number of fused-ring (bicyclic) bond motifs is 1. The summed E-state index contributed by atoms with van der Waals surface area (Å²) in [4.78, 5) is 37.1. The number of rotatable bonds is 4. The van der Waals surface area contributed by atoms with Gasteiger partial charge < -0.3 is 21.3 Å². The van der Waals surface area contributed by atoms with E-state index in [1.54, 1.807) is 0 Å². The minimum atomic E-state index is -1.17. The van der Waals surface area contributed by atoms with Gasteiger partial charge in [0.2, 0.25) is 5.91 Å². The number of hydrogen-bond acceptors (Lipinski definition) is 6. The van der Waals surface area contributed by atoms with Gasteiger partial charge in [-0.2, -0.15) is 0 Å². The second kappa shape index (κ2) is 6.41. The quantitative estimate of drug-likeness (QED) is 0.560. The van der Waals surface area contributed by atoms with E-state index in [0.717, 1.165) is 0 Å². The summed E-state index contributed by atoms with van der Waals surface area (Å²) in [6, 6.07) is 4.07. The predicted molar refractivity (Wildman–Crippen MR) is 90.4 cm³/mol. The van der Waals surface area contributed by atoms with E-state index in [1.807, 2.05) is 6.92 Å². The molecule has 9 heteroatoms. The number of amides is 2. The van der Waals surface area contributed by atoms with Gasteiger partial charge in [0.15, 0.2) is 0 Å². The zero-order chi connectivity index (χ0) is 18.3. The van der Waals surface area contributed by atoms with Gasteiger partial charge in [-0.15, -0.1) is 11.8 Å². The Kier molecular flexibility index (Phi) is 4.44. The van der Waals surface area contributed by atoms with Gasteiger partial charge in [-0.05, 0) is 30.7 Å². The number of carbonyl (C=O) groups excluding carboxylic acids is 2.